The summed E-state index contributed by atoms with van der Waals surface area (Å²) < 4.78 is 20.2. The molecule has 1 aliphatic rings. The van der Waals surface area contributed by atoms with Crippen LogP contribution in [0.25, 0.3) is 22.4 Å². The average Bonchev–Trinajstić information content (AvgIpc) is 3.12. The van der Waals surface area contributed by atoms with Gasteiger partial charge in [-0.1, -0.05) is 0 Å². The molecule has 1 aliphatic heterocycles. The molecular formula is C19H23FN6O. The fourth-order valence-corrected chi connectivity index (χ4v) is 3.38. The molecule has 4 rings (SSSR count). The van der Waals surface area contributed by atoms with Crippen molar-refractivity contribution in [2.75, 3.05) is 31.6 Å². The van der Waals surface area contributed by atoms with Gasteiger partial charge < -0.3 is 15.0 Å². The summed E-state index contributed by atoms with van der Waals surface area (Å²) in [5.74, 6) is 0.341. The number of nitrogens with one attached hydrogen (secondary N) is 2. The van der Waals surface area contributed by atoms with Crippen LogP contribution in [0.5, 0.6) is 0 Å². The van der Waals surface area contributed by atoms with Crippen LogP contribution in [0, 0.1) is 5.82 Å². The highest BCUT2D eigenvalue weighted by Gasteiger charge is 2.33. The number of aromatic nitrogens is 4. The van der Waals surface area contributed by atoms with Crippen LogP contribution in [0.2, 0.25) is 0 Å². The number of ether oxygens (including phenoxy) is 1. The van der Waals surface area contributed by atoms with E-state index in [1.165, 1.54) is 6.07 Å². The zero-order chi connectivity index (χ0) is 19.0. The summed E-state index contributed by atoms with van der Waals surface area (Å²) >= 11 is 0. The number of pyridine rings is 2. The number of nitrogens with zero attached hydrogens (tertiary/aromatic N) is 4. The summed E-state index contributed by atoms with van der Waals surface area (Å²) in [6, 6.07) is 6.98. The van der Waals surface area contributed by atoms with Gasteiger partial charge >= 0.3 is 0 Å². The third-order valence-corrected chi connectivity index (χ3v) is 5.26. The van der Waals surface area contributed by atoms with E-state index in [-0.39, 0.29) is 17.3 Å². The molecule has 1 atom stereocenters. The molecule has 0 spiro atoms. The van der Waals surface area contributed by atoms with Crippen molar-refractivity contribution in [1.82, 2.24) is 25.5 Å². The Morgan fingerprint density at radius 1 is 1.30 bits per heavy atom. The number of aromatic amines is 1. The molecule has 0 aliphatic carbocycles. The molecule has 0 bridgehead atoms. The van der Waals surface area contributed by atoms with Gasteiger partial charge in [-0.2, -0.15) is 5.10 Å². The summed E-state index contributed by atoms with van der Waals surface area (Å²) in [6.07, 6.45) is 1.66. The second-order valence-corrected chi connectivity index (χ2v) is 7.23. The first-order chi connectivity index (χ1) is 13.0. The Labute approximate surface area is 157 Å². The van der Waals surface area contributed by atoms with Crippen molar-refractivity contribution < 1.29 is 9.13 Å². The molecule has 0 aromatic carbocycles. The van der Waals surface area contributed by atoms with Gasteiger partial charge in [-0.25, -0.2) is 14.4 Å². The van der Waals surface area contributed by atoms with E-state index in [1.54, 1.807) is 25.4 Å². The van der Waals surface area contributed by atoms with Crippen molar-refractivity contribution >= 4 is 16.9 Å². The Balaban J connectivity index is 1.68. The van der Waals surface area contributed by atoms with Gasteiger partial charge in [-0.15, -0.1) is 0 Å². The lowest BCUT2D eigenvalue weighted by molar-refractivity contribution is -0.0108. The second kappa shape index (κ2) is 6.86. The highest BCUT2D eigenvalue weighted by molar-refractivity contribution is 5.89. The number of rotatable bonds is 4. The van der Waals surface area contributed by atoms with Crippen molar-refractivity contribution in [3.63, 3.8) is 0 Å². The van der Waals surface area contributed by atoms with Crippen LogP contribution in [0.4, 0.5) is 10.2 Å². The van der Waals surface area contributed by atoms with Crippen molar-refractivity contribution in [1.29, 1.82) is 0 Å². The Bertz CT molecular complexity index is 956. The highest BCUT2D eigenvalue weighted by Crippen LogP contribution is 2.28. The van der Waals surface area contributed by atoms with Gasteiger partial charge in [0.05, 0.1) is 17.3 Å². The molecule has 0 saturated carbocycles. The van der Waals surface area contributed by atoms with E-state index in [0.717, 1.165) is 30.8 Å². The van der Waals surface area contributed by atoms with Crippen molar-refractivity contribution in [2.45, 2.75) is 25.5 Å². The van der Waals surface area contributed by atoms with Gasteiger partial charge in [-0.05, 0) is 38.1 Å². The number of halogens is 1. The quantitative estimate of drug-likeness (QED) is 0.734. The van der Waals surface area contributed by atoms with E-state index in [4.69, 9.17) is 4.74 Å². The zero-order valence-electron chi connectivity index (χ0n) is 15.7. The number of piperazine rings is 1. The topological polar surface area (TPSA) is 79.0 Å². The molecule has 0 radical (unpaired) electrons. The maximum atomic E-state index is 14.6. The van der Waals surface area contributed by atoms with Gasteiger partial charge in [0.1, 0.15) is 11.5 Å². The molecule has 2 N–H and O–H groups in total. The Hall–Kier alpha value is -2.58. The molecular weight excluding hydrogens is 347 g/mol. The van der Waals surface area contributed by atoms with Gasteiger partial charge in [0, 0.05) is 38.3 Å². The Morgan fingerprint density at radius 3 is 2.96 bits per heavy atom. The van der Waals surface area contributed by atoms with Crippen molar-refractivity contribution in [3.8, 4) is 11.4 Å². The maximum absolute atomic E-state index is 14.6. The lowest BCUT2D eigenvalue weighted by Gasteiger charge is -2.41. The number of H-pyrrole nitrogens is 1. The van der Waals surface area contributed by atoms with Crippen LogP contribution in [0.15, 0.2) is 30.5 Å². The zero-order valence-corrected chi connectivity index (χ0v) is 15.7. The smallest absolute Gasteiger partial charge is 0.181 e. The van der Waals surface area contributed by atoms with Crippen molar-refractivity contribution in [2.24, 2.45) is 0 Å². The number of fused-ring (bicyclic) bond motifs is 1. The summed E-state index contributed by atoms with van der Waals surface area (Å²) in [5, 5.41) is 11.3. The summed E-state index contributed by atoms with van der Waals surface area (Å²) in [7, 11) is 1.71. The molecule has 1 saturated heterocycles. The predicted octanol–water partition coefficient (Wildman–Crippen LogP) is 2.36. The third kappa shape index (κ3) is 3.26. The molecule has 3 aromatic heterocycles. The lowest BCUT2D eigenvalue weighted by atomic mass is 9.96. The fourth-order valence-electron chi connectivity index (χ4n) is 3.38. The number of hydrogen-bond donors (Lipinski definition) is 2. The van der Waals surface area contributed by atoms with Crippen LogP contribution in [-0.4, -0.2) is 58.6 Å². The SMILES string of the molecule is COC(C)(C)C1CN(c2ccc(F)c(-c3[nH]nc4ncccc34)n2)CCN1. The van der Waals surface area contributed by atoms with E-state index in [1.807, 2.05) is 6.07 Å². The first kappa shape index (κ1) is 17.8. The number of methoxy groups -OCH3 is 1. The first-order valence-corrected chi connectivity index (χ1v) is 8.99. The standard InChI is InChI=1S/C19H23FN6O/c1-19(2,27-3)14-11-26(10-9-21-14)15-7-6-13(20)17(23-15)16-12-5-4-8-22-18(12)25-24-16/h4-8,14,21H,9-11H2,1-3H3,(H,22,24,25). The summed E-state index contributed by atoms with van der Waals surface area (Å²) in [5.41, 5.74) is 1.03. The largest absolute Gasteiger partial charge is 0.377 e. The first-order valence-electron chi connectivity index (χ1n) is 8.99. The second-order valence-electron chi connectivity index (χ2n) is 7.23. The monoisotopic (exact) mass is 370 g/mol. The molecule has 27 heavy (non-hydrogen) atoms. The molecule has 4 heterocycles. The maximum Gasteiger partial charge on any atom is 0.181 e. The molecule has 3 aromatic rings. The van der Waals surface area contributed by atoms with E-state index in [0.29, 0.717) is 11.3 Å². The minimum absolute atomic E-state index is 0.142. The fraction of sp³-hybridized carbons (Fsp3) is 0.421. The molecule has 8 heteroatoms. The van der Waals surface area contributed by atoms with Gasteiger partial charge in [0.2, 0.25) is 0 Å². The molecule has 7 nitrogen and oxygen atoms in total. The molecule has 142 valence electrons. The van der Waals surface area contributed by atoms with E-state index in [9.17, 15) is 4.39 Å². The Kier molecular flexibility index (Phi) is 4.53. The number of anilines is 1. The lowest BCUT2D eigenvalue weighted by Crippen LogP contribution is -2.60. The van der Waals surface area contributed by atoms with Crippen LogP contribution < -0.4 is 10.2 Å². The molecule has 1 fully saturated rings. The summed E-state index contributed by atoms with van der Waals surface area (Å²) in [4.78, 5) is 11.0. The van der Waals surface area contributed by atoms with Gasteiger partial charge in [0.25, 0.3) is 0 Å². The minimum atomic E-state index is -0.392. The van der Waals surface area contributed by atoms with Gasteiger partial charge in [0.15, 0.2) is 11.5 Å². The minimum Gasteiger partial charge on any atom is -0.377 e. The third-order valence-electron chi connectivity index (χ3n) is 5.26. The highest BCUT2D eigenvalue weighted by atomic mass is 19.1. The van der Waals surface area contributed by atoms with Crippen LogP contribution in [0.3, 0.4) is 0 Å². The average molecular weight is 370 g/mol. The van der Waals surface area contributed by atoms with Crippen LogP contribution in [-0.2, 0) is 4.74 Å². The normalized spacial score (nSPS) is 18.2. The van der Waals surface area contributed by atoms with Crippen molar-refractivity contribution in [3.05, 3.63) is 36.3 Å². The Morgan fingerprint density at radius 2 is 2.15 bits per heavy atom. The van der Waals surface area contributed by atoms with Gasteiger partial charge in [-0.3, -0.25) is 5.10 Å². The van der Waals surface area contributed by atoms with E-state index in [2.05, 4.69) is 44.2 Å². The molecule has 0 amide bonds. The van der Waals surface area contributed by atoms with E-state index >= 15 is 0 Å². The summed E-state index contributed by atoms with van der Waals surface area (Å²) in [6.45, 7) is 6.44. The number of hydrogen-bond acceptors (Lipinski definition) is 6. The van der Waals surface area contributed by atoms with Crippen LogP contribution in [0.1, 0.15) is 13.8 Å². The van der Waals surface area contributed by atoms with Crippen LogP contribution >= 0.6 is 0 Å². The van der Waals surface area contributed by atoms with E-state index < -0.39 is 5.82 Å². The predicted molar refractivity (Wildman–Crippen MR) is 102 cm³/mol. The molecule has 1 unspecified atom stereocenters.